The molecule has 0 radical (unpaired) electrons. The number of ketones is 1. The number of rotatable bonds is 7. The fourth-order valence-corrected chi connectivity index (χ4v) is 5.41. The molecule has 0 fully saturated rings. The lowest BCUT2D eigenvalue weighted by Crippen LogP contribution is -2.38. The van der Waals surface area contributed by atoms with E-state index in [0.717, 1.165) is 12.7 Å². The van der Waals surface area contributed by atoms with Crippen molar-refractivity contribution in [3.8, 4) is 0 Å². The van der Waals surface area contributed by atoms with Crippen molar-refractivity contribution in [3.63, 3.8) is 0 Å². The Labute approximate surface area is 169 Å². The Balaban J connectivity index is 2.47. The molecule has 1 aliphatic carbocycles. The molecule has 0 aromatic heterocycles. The molecule has 0 bridgehead atoms. The van der Waals surface area contributed by atoms with E-state index < -0.39 is 60.8 Å². The van der Waals surface area contributed by atoms with E-state index in [1.165, 1.54) is 0 Å². The highest BCUT2D eigenvalue weighted by Gasteiger charge is 2.52. The molecule has 162 valence electrons. The van der Waals surface area contributed by atoms with Gasteiger partial charge in [0.05, 0.1) is 6.61 Å². The fraction of sp³-hybridized carbons (Fsp3) is 0.579. The summed E-state index contributed by atoms with van der Waals surface area (Å²) in [5.41, 5.74) is 0.777. The predicted molar refractivity (Wildman–Crippen MR) is 103 cm³/mol. The molecule has 0 amide bonds. The smallest absolute Gasteiger partial charge is 0.374 e. The first-order valence-electron chi connectivity index (χ1n) is 9.09. The van der Waals surface area contributed by atoms with Gasteiger partial charge in [0.15, 0.2) is 11.9 Å². The Morgan fingerprint density at radius 3 is 2.52 bits per heavy atom. The molecule has 0 aromatic carbocycles. The van der Waals surface area contributed by atoms with Crippen molar-refractivity contribution < 1.29 is 43.3 Å². The average molecular weight is 430 g/mol. The third-order valence-corrected chi connectivity index (χ3v) is 7.17. The van der Waals surface area contributed by atoms with Gasteiger partial charge in [-0.05, 0) is 36.8 Å². The molecule has 1 heterocycles. The highest BCUT2D eigenvalue weighted by atomic mass is 31.2. The van der Waals surface area contributed by atoms with Crippen LogP contribution in [0.25, 0.3) is 0 Å². The van der Waals surface area contributed by atoms with E-state index in [2.05, 4.69) is 0 Å². The maximum absolute atomic E-state index is 13.4. The van der Waals surface area contributed by atoms with Gasteiger partial charge in [-0.15, -0.1) is 0 Å². The highest BCUT2D eigenvalue weighted by Crippen LogP contribution is 2.62. The minimum Gasteiger partial charge on any atom is -0.501 e. The Hall–Kier alpha value is -1.77. The minimum atomic E-state index is -4.44. The Bertz CT molecular complexity index is 837. The second-order valence-electron chi connectivity index (χ2n) is 7.57. The van der Waals surface area contributed by atoms with Crippen LogP contribution in [0.4, 0.5) is 0 Å². The maximum Gasteiger partial charge on any atom is 0.374 e. The van der Waals surface area contributed by atoms with E-state index >= 15 is 0 Å². The van der Waals surface area contributed by atoms with E-state index in [9.17, 15) is 29.5 Å². The molecule has 3 N–H and O–H groups in total. The molecule has 10 heteroatoms. The van der Waals surface area contributed by atoms with Crippen LogP contribution in [-0.2, 0) is 27.9 Å². The van der Waals surface area contributed by atoms with E-state index in [4.69, 9.17) is 13.8 Å². The summed E-state index contributed by atoms with van der Waals surface area (Å²) in [6, 6.07) is 0. The zero-order valence-corrected chi connectivity index (χ0v) is 17.9. The molecule has 2 rings (SSSR count). The first-order chi connectivity index (χ1) is 13.4. The van der Waals surface area contributed by atoms with Gasteiger partial charge in [-0.1, -0.05) is 26.0 Å². The molecule has 0 spiro atoms. The van der Waals surface area contributed by atoms with Gasteiger partial charge in [0, 0.05) is 7.11 Å². The molecule has 0 aromatic rings. The number of hydrogen-bond acceptors (Lipinski definition) is 9. The van der Waals surface area contributed by atoms with E-state index in [1.807, 2.05) is 32.9 Å². The summed E-state index contributed by atoms with van der Waals surface area (Å²) in [4.78, 5) is 24.6. The number of hydrogen-bond donors (Lipinski definition) is 3. The van der Waals surface area contributed by atoms with E-state index in [-0.39, 0.29) is 6.42 Å². The van der Waals surface area contributed by atoms with Crippen LogP contribution in [0.15, 0.2) is 34.4 Å². The monoisotopic (exact) mass is 430 g/mol. The summed E-state index contributed by atoms with van der Waals surface area (Å²) in [5, 5.41) is 28.6. The number of carbonyl (C=O) groups excluding carboxylic acids is 2. The summed E-state index contributed by atoms with van der Waals surface area (Å²) in [6.07, 6.45) is -0.628. The summed E-state index contributed by atoms with van der Waals surface area (Å²) >= 11 is 0. The Morgan fingerprint density at radius 2 is 2.00 bits per heavy atom. The van der Waals surface area contributed by atoms with Crippen LogP contribution in [-0.4, -0.2) is 59.1 Å². The van der Waals surface area contributed by atoms with Crippen molar-refractivity contribution in [2.75, 3.05) is 13.7 Å². The number of ether oxygens (including phenoxy) is 1. The zero-order chi connectivity index (χ0) is 22.1. The van der Waals surface area contributed by atoms with Crippen molar-refractivity contribution in [2.45, 2.75) is 52.4 Å². The van der Waals surface area contributed by atoms with Gasteiger partial charge in [0.25, 0.3) is 0 Å². The van der Waals surface area contributed by atoms with Gasteiger partial charge in [0.1, 0.15) is 17.5 Å². The van der Waals surface area contributed by atoms with Crippen LogP contribution in [0.3, 0.4) is 0 Å². The number of aliphatic hydroxyl groups excluding tert-OH is 3. The lowest BCUT2D eigenvalue weighted by atomic mass is 9.71. The molecular weight excluding hydrogens is 403 g/mol. The second kappa shape index (κ2) is 8.53. The molecular formula is C19H27O9P. The number of aliphatic hydroxyl groups is 3. The third kappa shape index (κ3) is 4.25. The number of Topliss-reactive ketones (excluding diaryl/α,β-unsaturated/α-hetero) is 1. The number of cyclic esters (lactones) is 1. The van der Waals surface area contributed by atoms with Crippen LogP contribution >= 0.6 is 7.60 Å². The first kappa shape index (κ1) is 23.5. The quantitative estimate of drug-likeness (QED) is 0.409. The van der Waals surface area contributed by atoms with Crippen LogP contribution in [0.2, 0.25) is 0 Å². The SMILES string of the molecule is C/C=C/C1=C(C)C(=O)C(OP(=O)(OC)C2=C(O)C(=O)O[C@@H]2[C@@H](O)CO)CC1(C)C. The topological polar surface area (TPSA) is 140 Å². The molecule has 0 saturated carbocycles. The summed E-state index contributed by atoms with van der Waals surface area (Å²) in [7, 11) is -3.41. The average Bonchev–Trinajstić information content (AvgIpc) is 2.97. The Morgan fingerprint density at radius 1 is 1.38 bits per heavy atom. The van der Waals surface area contributed by atoms with Gasteiger partial charge in [-0.25, -0.2) is 4.79 Å². The molecule has 2 unspecified atom stereocenters. The lowest BCUT2D eigenvalue weighted by molar-refractivity contribution is -0.146. The van der Waals surface area contributed by atoms with Crippen LogP contribution in [0, 0.1) is 5.41 Å². The Kier molecular flexibility index (Phi) is 6.92. The number of allylic oxidation sites excluding steroid dienone is 3. The molecule has 0 saturated heterocycles. The molecule has 2 aliphatic rings. The van der Waals surface area contributed by atoms with Crippen molar-refractivity contribution in [2.24, 2.45) is 5.41 Å². The van der Waals surface area contributed by atoms with Gasteiger partial charge in [-0.3, -0.25) is 13.9 Å². The van der Waals surface area contributed by atoms with Crippen molar-refractivity contribution in [3.05, 3.63) is 34.4 Å². The third-order valence-electron chi connectivity index (χ3n) is 5.10. The highest BCUT2D eigenvalue weighted by molar-refractivity contribution is 7.58. The lowest BCUT2D eigenvalue weighted by Gasteiger charge is -2.37. The van der Waals surface area contributed by atoms with E-state index in [0.29, 0.717) is 5.57 Å². The molecule has 1 aliphatic heterocycles. The summed E-state index contributed by atoms with van der Waals surface area (Å²) < 4.78 is 28.8. The van der Waals surface area contributed by atoms with E-state index in [1.54, 1.807) is 6.92 Å². The standard InChI is InChI=1S/C19H27O9P/c1-6-7-11-10(2)14(22)13(8-19(11,3)4)28-29(25,26-5)17-15(23)18(24)27-16(17)12(21)9-20/h6-7,12-13,16,20-21,23H,8-9H2,1-5H3/b7-6+/t12-,13?,16+,29?/m0/s1. The van der Waals surface area contributed by atoms with Gasteiger partial charge in [0.2, 0.25) is 5.76 Å². The molecule has 29 heavy (non-hydrogen) atoms. The van der Waals surface area contributed by atoms with Crippen molar-refractivity contribution in [1.29, 1.82) is 0 Å². The number of carbonyl (C=O) groups is 2. The second-order valence-corrected chi connectivity index (χ2v) is 9.63. The van der Waals surface area contributed by atoms with Crippen molar-refractivity contribution >= 4 is 19.3 Å². The normalized spacial score (nSPS) is 28.1. The largest absolute Gasteiger partial charge is 0.501 e. The summed E-state index contributed by atoms with van der Waals surface area (Å²) in [5.74, 6) is -2.67. The molecule has 9 nitrogen and oxygen atoms in total. The molecule has 4 atom stereocenters. The van der Waals surface area contributed by atoms with Crippen LogP contribution in [0.1, 0.15) is 34.1 Å². The maximum atomic E-state index is 13.4. The summed E-state index contributed by atoms with van der Waals surface area (Å²) in [6.45, 7) is 6.46. The van der Waals surface area contributed by atoms with Crippen LogP contribution < -0.4 is 0 Å². The zero-order valence-electron chi connectivity index (χ0n) is 17.0. The fourth-order valence-electron chi connectivity index (χ4n) is 3.62. The minimum absolute atomic E-state index is 0.173. The van der Waals surface area contributed by atoms with Gasteiger partial charge >= 0.3 is 13.6 Å². The first-order valence-corrected chi connectivity index (χ1v) is 10.6. The predicted octanol–water partition coefficient (Wildman–Crippen LogP) is 2.15. The van der Waals surface area contributed by atoms with Gasteiger partial charge in [-0.2, -0.15) is 0 Å². The van der Waals surface area contributed by atoms with Gasteiger partial charge < -0.3 is 24.6 Å². The number of esters is 1. The van der Waals surface area contributed by atoms with Crippen LogP contribution in [0.5, 0.6) is 0 Å². The van der Waals surface area contributed by atoms with Crippen molar-refractivity contribution in [1.82, 2.24) is 0 Å².